The molecule has 2 nitrogen and oxygen atoms in total. The molecule has 0 aliphatic heterocycles. The summed E-state index contributed by atoms with van der Waals surface area (Å²) in [5.41, 5.74) is 2.99. The van der Waals surface area contributed by atoms with Crippen LogP contribution >= 0.6 is 12.2 Å². The van der Waals surface area contributed by atoms with E-state index in [4.69, 9.17) is 12.2 Å². The Labute approximate surface area is 100 Å². The molecule has 0 atom stereocenters. The third-order valence-corrected chi connectivity index (χ3v) is 2.48. The highest BCUT2D eigenvalue weighted by molar-refractivity contribution is 7.81. The van der Waals surface area contributed by atoms with Crippen LogP contribution in [-0.4, -0.2) is 9.97 Å². The van der Waals surface area contributed by atoms with E-state index in [1.807, 2.05) is 30.3 Å². The monoisotopic (exact) mass is 228 g/mol. The molecule has 0 radical (unpaired) electrons. The van der Waals surface area contributed by atoms with Gasteiger partial charge in [0.1, 0.15) is 4.99 Å². The smallest absolute Gasteiger partial charge is 0.129 e. The van der Waals surface area contributed by atoms with Crippen LogP contribution in [0.25, 0.3) is 0 Å². The third kappa shape index (κ3) is 2.64. The fraction of sp³-hybridized carbons (Fsp3) is 0.0769. The molecule has 0 bridgehead atoms. The quantitative estimate of drug-likeness (QED) is 0.799. The topological polar surface area (TPSA) is 24.9 Å². The molecular formula is C13H12N2S. The summed E-state index contributed by atoms with van der Waals surface area (Å²) in [6.45, 7) is 2.05. The van der Waals surface area contributed by atoms with Crippen molar-refractivity contribution in [2.24, 2.45) is 0 Å². The molecule has 2 aromatic rings. The molecular weight excluding hydrogens is 216 g/mol. The molecule has 16 heavy (non-hydrogen) atoms. The maximum absolute atomic E-state index is 5.27. The van der Waals surface area contributed by atoms with E-state index in [1.165, 1.54) is 5.56 Å². The van der Waals surface area contributed by atoms with Crippen molar-refractivity contribution in [1.82, 2.24) is 4.98 Å². The highest BCUT2D eigenvalue weighted by Crippen LogP contribution is 2.11. The van der Waals surface area contributed by atoms with Crippen LogP contribution in [0.3, 0.4) is 0 Å². The Balaban J connectivity index is 2.14. The Morgan fingerprint density at radius 2 is 2.06 bits per heavy atom. The Morgan fingerprint density at radius 1 is 1.19 bits per heavy atom. The predicted octanol–water partition coefficient (Wildman–Crippen LogP) is 3.18. The van der Waals surface area contributed by atoms with Gasteiger partial charge in [-0.05, 0) is 36.8 Å². The number of aryl methyl sites for hydroxylation is 1. The van der Waals surface area contributed by atoms with E-state index in [9.17, 15) is 0 Å². The number of nitrogens with zero attached hydrogens (tertiary/aromatic N) is 1. The van der Waals surface area contributed by atoms with Gasteiger partial charge >= 0.3 is 0 Å². The standard InChI is InChI=1S/C13H12N2S/c1-10-5-4-6-11(9-10)15-13(16)12-7-2-3-8-14-12/h2-9H,1H3,(H,15,16). The van der Waals surface area contributed by atoms with E-state index in [0.29, 0.717) is 4.99 Å². The molecule has 3 heteroatoms. The molecule has 2 rings (SSSR count). The van der Waals surface area contributed by atoms with Crippen molar-refractivity contribution in [2.75, 3.05) is 5.32 Å². The summed E-state index contributed by atoms with van der Waals surface area (Å²) in [4.78, 5) is 4.84. The van der Waals surface area contributed by atoms with E-state index in [1.54, 1.807) is 6.20 Å². The average molecular weight is 228 g/mol. The molecule has 1 aromatic heterocycles. The van der Waals surface area contributed by atoms with E-state index in [-0.39, 0.29) is 0 Å². The number of hydrogen-bond acceptors (Lipinski definition) is 2. The van der Waals surface area contributed by atoms with Gasteiger partial charge in [-0.3, -0.25) is 4.98 Å². The molecule has 0 unspecified atom stereocenters. The van der Waals surface area contributed by atoms with Crippen molar-refractivity contribution in [2.45, 2.75) is 6.92 Å². The molecule has 1 N–H and O–H groups in total. The van der Waals surface area contributed by atoms with Crippen LogP contribution in [0, 0.1) is 6.92 Å². The number of thiocarbonyl (C=S) groups is 1. The lowest BCUT2D eigenvalue weighted by Gasteiger charge is -2.07. The zero-order valence-corrected chi connectivity index (χ0v) is 9.79. The van der Waals surface area contributed by atoms with Crippen LogP contribution in [-0.2, 0) is 0 Å². The molecule has 1 heterocycles. The summed E-state index contributed by atoms with van der Waals surface area (Å²) in [6.07, 6.45) is 1.74. The Morgan fingerprint density at radius 3 is 2.75 bits per heavy atom. The summed E-state index contributed by atoms with van der Waals surface area (Å²) in [7, 11) is 0. The second-order valence-corrected chi connectivity index (χ2v) is 3.95. The van der Waals surface area contributed by atoms with E-state index >= 15 is 0 Å². The van der Waals surface area contributed by atoms with Gasteiger partial charge in [-0.15, -0.1) is 0 Å². The van der Waals surface area contributed by atoms with E-state index in [2.05, 4.69) is 29.4 Å². The maximum atomic E-state index is 5.27. The van der Waals surface area contributed by atoms with Gasteiger partial charge in [0, 0.05) is 11.9 Å². The number of nitrogens with one attached hydrogen (secondary N) is 1. The fourth-order valence-corrected chi connectivity index (χ4v) is 1.65. The fourth-order valence-electron chi connectivity index (χ4n) is 1.42. The number of rotatable bonds is 2. The molecule has 0 saturated carbocycles. The lowest BCUT2D eigenvalue weighted by Crippen LogP contribution is -2.11. The van der Waals surface area contributed by atoms with E-state index in [0.717, 1.165) is 11.4 Å². The summed E-state index contributed by atoms with van der Waals surface area (Å²) in [5, 5.41) is 3.17. The number of pyridine rings is 1. The second kappa shape index (κ2) is 4.86. The van der Waals surface area contributed by atoms with Crippen molar-refractivity contribution in [3.05, 3.63) is 59.9 Å². The first-order valence-electron chi connectivity index (χ1n) is 5.05. The summed E-state index contributed by atoms with van der Waals surface area (Å²) in [6, 6.07) is 13.8. The van der Waals surface area contributed by atoms with E-state index < -0.39 is 0 Å². The van der Waals surface area contributed by atoms with Crippen molar-refractivity contribution < 1.29 is 0 Å². The molecule has 0 amide bonds. The van der Waals surface area contributed by atoms with Crippen molar-refractivity contribution in [1.29, 1.82) is 0 Å². The minimum Gasteiger partial charge on any atom is -0.345 e. The lowest BCUT2D eigenvalue weighted by atomic mass is 10.2. The SMILES string of the molecule is Cc1cccc(NC(=S)c2ccccn2)c1. The second-order valence-electron chi connectivity index (χ2n) is 3.54. The van der Waals surface area contributed by atoms with Gasteiger partial charge in [0.15, 0.2) is 0 Å². The van der Waals surface area contributed by atoms with Gasteiger partial charge in [0.25, 0.3) is 0 Å². The van der Waals surface area contributed by atoms with Crippen LogP contribution in [0.5, 0.6) is 0 Å². The Kier molecular flexibility index (Phi) is 3.27. The normalized spacial score (nSPS) is 9.81. The molecule has 0 saturated heterocycles. The van der Waals surface area contributed by atoms with Gasteiger partial charge in [-0.25, -0.2) is 0 Å². The maximum Gasteiger partial charge on any atom is 0.129 e. The molecule has 0 spiro atoms. The first-order chi connectivity index (χ1) is 7.75. The van der Waals surface area contributed by atoms with Gasteiger partial charge in [0.2, 0.25) is 0 Å². The number of hydrogen-bond donors (Lipinski definition) is 1. The van der Waals surface area contributed by atoms with Crippen LogP contribution in [0.1, 0.15) is 11.3 Å². The van der Waals surface area contributed by atoms with Crippen molar-refractivity contribution in [3.63, 3.8) is 0 Å². The molecule has 0 aliphatic rings. The summed E-state index contributed by atoms with van der Waals surface area (Å²) < 4.78 is 0. The van der Waals surface area contributed by atoms with Crippen molar-refractivity contribution >= 4 is 22.9 Å². The minimum absolute atomic E-state index is 0.645. The Hall–Kier alpha value is -1.74. The highest BCUT2D eigenvalue weighted by Gasteiger charge is 2.01. The predicted molar refractivity (Wildman–Crippen MR) is 70.7 cm³/mol. The zero-order chi connectivity index (χ0) is 11.4. The van der Waals surface area contributed by atoms with Gasteiger partial charge in [0.05, 0.1) is 5.69 Å². The van der Waals surface area contributed by atoms with Crippen LogP contribution < -0.4 is 5.32 Å². The number of benzene rings is 1. The Bertz CT molecular complexity index is 494. The van der Waals surface area contributed by atoms with Gasteiger partial charge in [-0.2, -0.15) is 0 Å². The van der Waals surface area contributed by atoms with Gasteiger partial charge < -0.3 is 5.32 Å². The van der Waals surface area contributed by atoms with Crippen molar-refractivity contribution in [3.8, 4) is 0 Å². The zero-order valence-electron chi connectivity index (χ0n) is 8.97. The van der Waals surface area contributed by atoms with Crippen LogP contribution in [0.15, 0.2) is 48.7 Å². The molecule has 1 aromatic carbocycles. The highest BCUT2D eigenvalue weighted by atomic mass is 32.1. The first kappa shape index (κ1) is 10.8. The largest absolute Gasteiger partial charge is 0.345 e. The summed E-state index contributed by atoms with van der Waals surface area (Å²) in [5.74, 6) is 0. The lowest BCUT2D eigenvalue weighted by molar-refractivity contribution is 1.30. The minimum atomic E-state index is 0.645. The molecule has 80 valence electrons. The molecule has 0 fully saturated rings. The van der Waals surface area contributed by atoms with Crippen LogP contribution in [0.4, 0.5) is 5.69 Å². The number of aromatic nitrogens is 1. The number of anilines is 1. The average Bonchev–Trinajstić information content (AvgIpc) is 2.30. The first-order valence-corrected chi connectivity index (χ1v) is 5.45. The summed E-state index contributed by atoms with van der Waals surface area (Å²) >= 11 is 5.27. The van der Waals surface area contributed by atoms with Gasteiger partial charge in [-0.1, -0.05) is 30.4 Å². The van der Waals surface area contributed by atoms with Crippen LogP contribution in [0.2, 0.25) is 0 Å². The molecule has 0 aliphatic carbocycles. The third-order valence-electron chi connectivity index (χ3n) is 2.17.